The second-order valence-corrected chi connectivity index (χ2v) is 5.20. The van der Waals surface area contributed by atoms with Gasteiger partial charge >= 0.3 is 5.97 Å². The summed E-state index contributed by atoms with van der Waals surface area (Å²) in [6, 6.07) is -1.02. The van der Waals surface area contributed by atoms with Crippen molar-refractivity contribution >= 4 is 11.9 Å². The van der Waals surface area contributed by atoms with E-state index in [9.17, 15) is 9.59 Å². The lowest BCUT2D eigenvalue weighted by Crippen LogP contribution is -2.42. The molecule has 0 aliphatic carbocycles. The number of aromatic nitrogens is 2. The molecular weight excluding hydrogens is 262 g/mol. The second-order valence-electron chi connectivity index (χ2n) is 5.20. The lowest BCUT2D eigenvalue weighted by molar-refractivity contribution is -0.140. The van der Waals surface area contributed by atoms with Gasteiger partial charge in [-0.05, 0) is 20.8 Å². The molecule has 0 radical (unpaired) electrons. The molecule has 1 aromatic heterocycles. The third-order valence-electron chi connectivity index (χ3n) is 2.34. The first-order valence-corrected chi connectivity index (χ1v) is 6.23. The molecule has 7 nitrogen and oxygen atoms in total. The van der Waals surface area contributed by atoms with E-state index in [1.807, 2.05) is 20.8 Å². The van der Waals surface area contributed by atoms with E-state index in [-0.39, 0.29) is 24.3 Å². The summed E-state index contributed by atoms with van der Waals surface area (Å²) in [4.78, 5) is 30.5. The van der Waals surface area contributed by atoms with Gasteiger partial charge in [-0.3, -0.25) is 9.78 Å². The van der Waals surface area contributed by atoms with Crippen molar-refractivity contribution in [1.82, 2.24) is 15.3 Å². The third kappa shape index (κ3) is 5.75. The number of aliphatic carboxylic acids is 1. The van der Waals surface area contributed by atoms with E-state index < -0.39 is 17.9 Å². The maximum absolute atomic E-state index is 11.8. The van der Waals surface area contributed by atoms with Gasteiger partial charge in [0.1, 0.15) is 11.7 Å². The number of amides is 1. The van der Waals surface area contributed by atoms with Crippen LogP contribution in [0, 0.1) is 0 Å². The first kappa shape index (κ1) is 16.0. The molecule has 110 valence electrons. The normalized spacial score (nSPS) is 12.8. The summed E-state index contributed by atoms with van der Waals surface area (Å²) in [6.45, 7) is 5.87. The van der Waals surface area contributed by atoms with Crippen LogP contribution in [0.25, 0.3) is 0 Å². The van der Waals surface area contributed by atoms with Gasteiger partial charge in [0.05, 0.1) is 11.8 Å². The van der Waals surface area contributed by atoms with Crippen LogP contribution in [0.15, 0.2) is 18.6 Å². The first-order chi connectivity index (χ1) is 9.29. The van der Waals surface area contributed by atoms with Gasteiger partial charge in [0.2, 0.25) is 0 Å². The topological polar surface area (TPSA) is 101 Å². The molecule has 2 N–H and O–H groups in total. The van der Waals surface area contributed by atoms with E-state index in [4.69, 9.17) is 9.84 Å². The van der Waals surface area contributed by atoms with Gasteiger partial charge in [-0.1, -0.05) is 0 Å². The summed E-state index contributed by atoms with van der Waals surface area (Å²) >= 11 is 0. The Bertz CT molecular complexity index is 456. The van der Waals surface area contributed by atoms with Crippen molar-refractivity contribution in [3.05, 3.63) is 24.3 Å². The number of carboxylic acids is 1. The molecule has 0 saturated heterocycles. The lowest BCUT2D eigenvalue weighted by Gasteiger charge is -2.21. The van der Waals surface area contributed by atoms with E-state index in [2.05, 4.69) is 15.3 Å². The van der Waals surface area contributed by atoms with Gasteiger partial charge in [0, 0.05) is 25.4 Å². The fraction of sp³-hybridized carbons (Fsp3) is 0.538. The van der Waals surface area contributed by atoms with Crippen LogP contribution in [0.4, 0.5) is 0 Å². The third-order valence-corrected chi connectivity index (χ3v) is 2.34. The highest BCUT2D eigenvalue weighted by molar-refractivity contribution is 5.94. The molecule has 0 spiro atoms. The van der Waals surface area contributed by atoms with Crippen LogP contribution in [0.1, 0.15) is 37.7 Å². The minimum absolute atomic E-state index is 0.0792. The smallest absolute Gasteiger partial charge is 0.326 e. The van der Waals surface area contributed by atoms with E-state index in [0.717, 1.165) is 0 Å². The van der Waals surface area contributed by atoms with Crippen LogP contribution >= 0.6 is 0 Å². The predicted octanol–water partition coefficient (Wildman–Crippen LogP) is 0.865. The van der Waals surface area contributed by atoms with Crippen LogP contribution in [-0.2, 0) is 9.53 Å². The Labute approximate surface area is 117 Å². The number of hydrogen-bond acceptors (Lipinski definition) is 5. The Morgan fingerprint density at radius 3 is 2.60 bits per heavy atom. The van der Waals surface area contributed by atoms with Gasteiger partial charge in [0.15, 0.2) is 0 Å². The Kier molecular flexibility index (Phi) is 5.57. The molecule has 1 atom stereocenters. The van der Waals surface area contributed by atoms with Crippen molar-refractivity contribution in [3.63, 3.8) is 0 Å². The minimum atomic E-state index is -1.11. The fourth-order valence-electron chi connectivity index (χ4n) is 1.39. The number of carbonyl (C=O) groups excluding carboxylic acids is 1. The molecule has 0 saturated carbocycles. The molecule has 1 heterocycles. The maximum atomic E-state index is 11.8. The van der Waals surface area contributed by atoms with E-state index >= 15 is 0 Å². The molecule has 1 amide bonds. The molecule has 1 unspecified atom stereocenters. The van der Waals surface area contributed by atoms with E-state index in [0.29, 0.717) is 0 Å². The Morgan fingerprint density at radius 2 is 2.10 bits per heavy atom. The summed E-state index contributed by atoms with van der Waals surface area (Å²) in [7, 11) is 0. The quantitative estimate of drug-likeness (QED) is 0.802. The van der Waals surface area contributed by atoms with Crippen LogP contribution < -0.4 is 5.32 Å². The number of nitrogens with zero attached hydrogens (tertiary/aromatic N) is 2. The second kappa shape index (κ2) is 6.95. The van der Waals surface area contributed by atoms with Gasteiger partial charge in [-0.25, -0.2) is 9.78 Å². The van der Waals surface area contributed by atoms with Crippen molar-refractivity contribution in [3.8, 4) is 0 Å². The number of hydrogen-bond donors (Lipinski definition) is 2. The van der Waals surface area contributed by atoms with Crippen LogP contribution in [0.3, 0.4) is 0 Å². The van der Waals surface area contributed by atoms with Crippen molar-refractivity contribution in [1.29, 1.82) is 0 Å². The van der Waals surface area contributed by atoms with Crippen molar-refractivity contribution < 1.29 is 19.4 Å². The average Bonchev–Trinajstić information content (AvgIpc) is 2.37. The Morgan fingerprint density at radius 1 is 1.40 bits per heavy atom. The largest absolute Gasteiger partial charge is 0.480 e. The van der Waals surface area contributed by atoms with E-state index in [1.54, 1.807) is 0 Å². The Balaban J connectivity index is 2.55. The molecule has 0 aliphatic heterocycles. The van der Waals surface area contributed by atoms with Gasteiger partial charge in [-0.15, -0.1) is 0 Å². The number of carbonyl (C=O) groups is 2. The molecule has 0 fully saturated rings. The molecule has 7 heteroatoms. The van der Waals surface area contributed by atoms with Crippen molar-refractivity contribution in [2.24, 2.45) is 0 Å². The number of nitrogens with one attached hydrogen (secondary N) is 1. The standard InChI is InChI=1S/C13H19N3O4/c1-13(2,3)20-7-4-9(12(18)19)16-11(17)10-8-14-5-6-15-10/h5-6,8-9H,4,7H2,1-3H3,(H,16,17)(H,18,19). The van der Waals surface area contributed by atoms with Crippen molar-refractivity contribution in [2.75, 3.05) is 6.61 Å². The SMILES string of the molecule is CC(C)(C)OCCC(NC(=O)c1cnccn1)C(=O)O. The molecule has 20 heavy (non-hydrogen) atoms. The minimum Gasteiger partial charge on any atom is -0.480 e. The molecule has 0 bridgehead atoms. The number of carboxylic acid groups (broad SMARTS) is 1. The molecule has 1 aromatic rings. The monoisotopic (exact) mass is 281 g/mol. The molecule has 0 aromatic carbocycles. The molecular formula is C13H19N3O4. The zero-order valence-electron chi connectivity index (χ0n) is 11.8. The lowest BCUT2D eigenvalue weighted by atomic mass is 10.1. The molecule has 1 rings (SSSR count). The fourth-order valence-corrected chi connectivity index (χ4v) is 1.39. The predicted molar refractivity (Wildman–Crippen MR) is 71.2 cm³/mol. The maximum Gasteiger partial charge on any atom is 0.326 e. The average molecular weight is 281 g/mol. The summed E-state index contributed by atoms with van der Waals surface area (Å²) < 4.78 is 5.45. The highest BCUT2D eigenvalue weighted by atomic mass is 16.5. The van der Waals surface area contributed by atoms with Crippen LogP contribution in [0.5, 0.6) is 0 Å². The highest BCUT2D eigenvalue weighted by Gasteiger charge is 2.22. The van der Waals surface area contributed by atoms with Gasteiger partial charge < -0.3 is 15.2 Å². The summed E-state index contributed by atoms with van der Waals surface area (Å²) in [6.07, 6.45) is 4.26. The summed E-state index contributed by atoms with van der Waals surface area (Å²) in [5, 5.41) is 11.5. The highest BCUT2D eigenvalue weighted by Crippen LogP contribution is 2.08. The number of ether oxygens (including phenoxy) is 1. The zero-order valence-corrected chi connectivity index (χ0v) is 11.8. The van der Waals surface area contributed by atoms with E-state index in [1.165, 1.54) is 18.6 Å². The number of rotatable bonds is 6. The Hall–Kier alpha value is -2.02. The van der Waals surface area contributed by atoms with Gasteiger partial charge in [0.25, 0.3) is 5.91 Å². The first-order valence-electron chi connectivity index (χ1n) is 6.23. The zero-order chi connectivity index (χ0) is 15.2. The van der Waals surface area contributed by atoms with Crippen LogP contribution in [0.2, 0.25) is 0 Å². The van der Waals surface area contributed by atoms with Gasteiger partial charge in [-0.2, -0.15) is 0 Å². The van der Waals surface area contributed by atoms with Crippen molar-refractivity contribution in [2.45, 2.75) is 38.8 Å². The molecule has 0 aliphatic rings. The van der Waals surface area contributed by atoms with Crippen LogP contribution in [-0.4, -0.2) is 45.2 Å². The summed E-state index contributed by atoms with van der Waals surface area (Å²) in [5.74, 6) is -1.68. The summed E-state index contributed by atoms with van der Waals surface area (Å²) in [5.41, 5.74) is -0.270.